The first-order valence-electron chi connectivity index (χ1n) is 9.10. The molecule has 3 rings (SSSR count). The monoisotopic (exact) mass is 461 g/mol. The average Bonchev–Trinajstić information content (AvgIpc) is 3.14. The van der Waals surface area contributed by atoms with Crippen LogP contribution in [0.25, 0.3) is 0 Å². The molecular weight excluding hydrogens is 432 g/mol. The summed E-state index contributed by atoms with van der Waals surface area (Å²) < 4.78 is 18.9. The molecule has 0 saturated carbocycles. The van der Waals surface area contributed by atoms with Crippen molar-refractivity contribution in [1.29, 1.82) is 0 Å². The lowest BCUT2D eigenvalue weighted by atomic mass is 9.74. The van der Waals surface area contributed by atoms with E-state index < -0.39 is 0 Å². The van der Waals surface area contributed by atoms with Crippen LogP contribution >= 0.6 is 24.0 Å². The smallest absolute Gasteiger partial charge is 0.193 e. The minimum atomic E-state index is -0.185. The molecule has 2 saturated heterocycles. The molecule has 1 aromatic carbocycles. The number of likely N-dealkylation sites (tertiary alicyclic amines) is 1. The number of hydrogen-bond acceptors (Lipinski definition) is 2. The molecule has 0 spiro atoms. The third kappa shape index (κ3) is 5.06. The molecule has 2 aliphatic rings. The molecule has 0 aliphatic carbocycles. The number of benzene rings is 1. The molecule has 0 radical (unpaired) electrons. The molecule has 4 nitrogen and oxygen atoms in total. The first-order valence-corrected chi connectivity index (χ1v) is 9.10. The van der Waals surface area contributed by atoms with Gasteiger partial charge in [-0.3, -0.25) is 4.99 Å². The van der Waals surface area contributed by atoms with Gasteiger partial charge in [-0.15, -0.1) is 24.0 Å². The second-order valence-corrected chi connectivity index (χ2v) is 6.76. The van der Waals surface area contributed by atoms with Crippen LogP contribution in [0.5, 0.6) is 0 Å². The fraction of sp³-hybridized carbons (Fsp3) is 0.632. The van der Waals surface area contributed by atoms with Crippen LogP contribution in [0.3, 0.4) is 0 Å². The second-order valence-electron chi connectivity index (χ2n) is 6.76. The standard InChI is InChI=1S/C19H28FN3O.HI/c1-2-21-18(23-11-3-4-12-23)22-15-19(9-13-24-14-10-19)16-5-7-17(20)8-6-16;/h5-8H,2-4,9-15H2,1H3,(H,21,22);1H. The minimum Gasteiger partial charge on any atom is -0.381 e. The zero-order valence-corrected chi connectivity index (χ0v) is 17.3. The lowest BCUT2D eigenvalue weighted by Crippen LogP contribution is -2.42. The first-order chi connectivity index (χ1) is 11.7. The summed E-state index contributed by atoms with van der Waals surface area (Å²) in [5.74, 6) is 0.831. The fourth-order valence-electron chi connectivity index (χ4n) is 3.68. The highest BCUT2D eigenvalue weighted by Crippen LogP contribution is 2.35. The van der Waals surface area contributed by atoms with E-state index in [1.807, 2.05) is 12.1 Å². The zero-order valence-electron chi connectivity index (χ0n) is 15.0. The molecule has 25 heavy (non-hydrogen) atoms. The van der Waals surface area contributed by atoms with E-state index in [1.54, 1.807) is 12.1 Å². The van der Waals surface area contributed by atoms with Gasteiger partial charge in [0.25, 0.3) is 0 Å². The van der Waals surface area contributed by atoms with Crippen LogP contribution in [-0.2, 0) is 10.2 Å². The summed E-state index contributed by atoms with van der Waals surface area (Å²) in [4.78, 5) is 7.32. The van der Waals surface area contributed by atoms with Crippen molar-refractivity contribution in [2.75, 3.05) is 39.4 Å². The van der Waals surface area contributed by atoms with E-state index >= 15 is 0 Å². The molecule has 2 heterocycles. The Bertz CT molecular complexity index is 552. The molecule has 0 unspecified atom stereocenters. The number of hydrogen-bond donors (Lipinski definition) is 1. The maximum atomic E-state index is 13.3. The number of halogens is 2. The summed E-state index contributed by atoms with van der Waals surface area (Å²) in [6.45, 7) is 7.36. The maximum absolute atomic E-state index is 13.3. The van der Waals surface area contributed by atoms with E-state index in [0.717, 1.165) is 58.2 Å². The molecule has 1 N–H and O–H groups in total. The third-order valence-electron chi connectivity index (χ3n) is 5.18. The fourth-order valence-corrected chi connectivity index (χ4v) is 3.68. The van der Waals surface area contributed by atoms with E-state index in [2.05, 4.69) is 17.1 Å². The van der Waals surface area contributed by atoms with E-state index in [4.69, 9.17) is 9.73 Å². The number of ether oxygens (including phenoxy) is 1. The lowest BCUT2D eigenvalue weighted by Gasteiger charge is -2.37. The van der Waals surface area contributed by atoms with Crippen molar-refractivity contribution >= 4 is 29.9 Å². The molecule has 0 bridgehead atoms. The van der Waals surface area contributed by atoms with Gasteiger partial charge < -0.3 is 15.0 Å². The average molecular weight is 461 g/mol. The van der Waals surface area contributed by atoms with Gasteiger partial charge in [0.05, 0.1) is 6.54 Å². The zero-order chi connectivity index (χ0) is 16.8. The Morgan fingerprint density at radius 3 is 2.44 bits per heavy atom. The van der Waals surface area contributed by atoms with Crippen LogP contribution in [0.1, 0.15) is 38.2 Å². The number of rotatable bonds is 4. The highest BCUT2D eigenvalue weighted by molar-refractivity contribution is 14.0. The molecule has 1 aromatic rings. The van der Waals surface area contributed by atoms with Crippen molar-refractivity contribution in [3.63, 3.8) is 0 Å². The molecular formula is C19H29FIN3O. The Morgan fingerprint density at radius 2 is 1.84 bits per heavy atom. The van der Waals surface area contributed by atoms with E-state index in [0.29, 0.717) is 0 Å². The highest BCUT2D eigenvalue weighted by atomic mass is 127. The molecule has 2 fully saturated rings. The maximum Gasteiger partial charge on any atom is 0.193 e. The summed E-state index contributed by atoms with van der Waals surface area (Å²) in [6, 6.07) is 6.95. The van der Waals surface area contributed by atoms with Crippen molar-refractivity contribution in [2.24, 2.45) is 4.99 Å². The van der Waals surface area contributed by atoms with Gasteiger partial charge in [-0.1, -0.05) is 12.1 Å². The lowest BCUT2D eigenvalue weighted by molar-refractivity contribution is 0.0530. The van der Waals surface area contributed by atoms with Crippen LogP contribution in [0.15, 0.2) is 29.3 Å². The first kappa shape index (κ1) is 20.4. The van der Waals surface area contributed by atoms with Gasteiger partial charge in [0.2, 0.25) is 0 Å². The Labute approximate surface area is 167 Å². The largest absolute Gasteiger partial charge is 0.381 e. The Balaban J connectivity index is 0.00000225. The molecule has 140 valence electrons. The number of guanidine groups is 1. The van der Waals surface area contributed by atoms with Crippen molar-refractivity contribution in [3.05, 3.63) is 35.6 Å². The normalized spacial score (nSPS) is 20.2. The summed E-state index contributed by atoms with van der Waals surface area (Å²) >= 11 is 0. The van der Waals surface area contributed by atoms with Crippen LogP contribution in [0.2, 0.25) is 0 Å². The Hall–Kier alpha value is -0.890. The van der Waals surface area contributed by atoms with Crippen molar-refractivity contribution < 1.29 is 9.13 Å². The Morgan fingerprint density at radius 1 is 1.20 bits per heavy atom. The van der Waals surface area contributed by atoms with Crippen molar-refractivity contribution in [2.45, 2.75) is 38.0 Å². The van der Waals surface area contributed by atoms with Crippen LogP contribution < -0.4 is 5.32 Å². The minimum absolute atomic E-state index is 0. The molecule has 0 atom stereocenters. The third-order valence-corrected chi connectivity index (χ3v) is 5.18. The number of nitrogens with zero attached hydrogens (tertiary/aromatic N) is 2. The van der Waals surface area contributed by atoms with Gasteiger partial charge in [0, 0.05) is 38.3 Å². The summed E-state index contributed by atoms with van der Waals surface area (Å²) in [5.41, 5.74) is 1.13. The molecule has 0 amide bonds. The van der Waals surface area contributed by atoms with Crippen molar-refractivity contribution in [1.82, 2.24) is 10.2 Å². The molecule has 2 aliphatic heterocycles. The number of nitrogens with one attached hydrogen (secondary N) is 1. The predicted molar refractivity (Wildman–Crippen MR) is 110 cm³/mol. The summed E-state index contributed by atoms with van der Waals surface area (Å²) in [6.07, 6.45) is 4.34. The SMILES string of the molecule is CCNC(=NCC1(c2ccc(F)cc2)CCOCC1)N1CCCC1.I. The van der Waals surface area contributed by atoms with Crippen LogP contribution in [0, 0.1) is 5.82 Å². The van der Waals surface area contributed by atoms with Crippen molar-refractivity contribution in [3.8, 4) is 0 Å². The summed E-state index contributed by atoms with van der Waals surface area (Å²) in [7, 11) is 0. The molecule has 0 aromatic heterocycles. The van der Waals surface area contributed by atoms with E-state index in [-0.39, 0.29) is 35.2 Å². The molecule has 6 heteroatoms. The van der Waals surface area contributed by atoms with Gasteiger partial charge >= 0.3 is 0 Å². The Kier molecular flexibility index (Phi) is 7.93. The van der Waals surface area contributed by atoms with Gasteiger partial charge in [0.1, 0.15) is 5.82 Å². The predicted octanol–water partition coefficient (Wildman–Crippen LogP) is 3.55. The van der Waals surface area contributed by atoms with Crippen LogP contribution in [-0.4, -0.2) is 50.3 Å². The van der Waals surface area contributed by atoms with Gasteiger partial charge in [-0.2, -0.15) is 0 Å². The van der Waals surface area contributed by atoms with E-state index in [1.165, 1.54) is 18.4 Å². The number of aliphatic imine (C=N–C) groups is 1. The topological polar surface area (TPSA) is 36.9 Å². The van der Waals surface area contributed by atoms with Gasteiger partial charge in [0.15, 0.2) is 5.96 Å². The second kappa shape index (κ2) is 9.71. The van der Waals surface area contributed by atoms with Gasteiger partial charge in [-0.25, -0.2) is 4.39 Å². The van der Waals surface area contributed by atoms with Gasteiger partial charge in [-0.05, 0) is 50.3 Å². The van der Waals surface area contributed by atoms with E-state index in [9.17, 15) is 4.39 Å². The van der Waals surface area contributed by atoms with Crippen LogP contribution in [0.4, 0.5) is 4.39 Å². The summed E-state index contributed by atoms with van der Waals surface area (Å²) in [5, 5.41) is 3.43. The highest BCUT2D eigenvalue weighted by Gasteiger charge is 2.34. The quantitative estimate of drug-likeness (QED) is 0.424.